The van der Waals surface area contributed by atoms with E-state index in [1.807, 2.05) is 6.07 Å². The lowest BCUT2D eigenvalue weighted by atomic mass is 10.2. The highest BCUT2D eigenvalue weighted by Gasteiger charge is 2.04. The molecule has 5 heteroatoms. The van der Waals surface area contributed by atoms with Crippen molar-refractivity contribution >= 4 is 23.2 Å². The molecule has 3 nitrogen and oxygen atoms in total. The first-order valence-corrected chi connectivity index (χ1v) is 5.88. The van der Waals surface area contributed by atoms with Gasteiger partial charge in [-0.2, -0.15) is 5.26 Å². The molecule has 2 aromatic rings. The molecule has 0 aliphatic heterocycles. The summed E-state index contributed by atoms with van der Waals surface area (Å²) < 4.78 is 5.54. The second kappa shape index (κ2) is 5.72. The van der Waals surface area contributed by atoms with E-state index < -0.39 is 0 Å². The lowest BCUT2D eigenvalue weighted by Crippen LogP contribution is -1.99. The van der Waals surface area contributed by atoms with Gasteiger partial charge in [-0.15, -0.1) is 0 Å². The van der Waals surface area contributed by atoms with Gasteiger partial charge in [0.15, 0.2) is 0 Å². The van der Waals surface area contributed by atoms with Gasteiger partial charge in [-0.25, -0.2) is 4.98 Å². The Balaban J connectivity index is 2.12. The van der Waals surface area contributed by atoms with Crippen LogP contribution >= 0.6 is 23.2 Å². The van der Waals surface area contributed by atoms with E-state index in [0.717, 1.165) is 5.56 Å². The van der Waals surface area contributed by atoms with Gasteiger partial charge in [0, 0.05) is 17.8 Å². The molecule has 0 aliphatic carbocycles. The van der Waals surface area contributed by atoms with Crippen molar-refractivity contribution in [3.8, 4) is 11.8 Å². The molecule has 1 aromatic carbocycles. The molecule has 0 radical (unpaired) electrons. The maximum atomic E-state index is 8.89. The third kappa shape index (κ3) is 2.92. The predicted octanol–water partition coefficient (Wildman–Crippen LogP) is 3.84. The zero-order valence-corrected chi connectivity index (χ0v) is 10.7. The van der Waals surface area contributed by atoms with Crippen LogP contribution in [0, 0.1) is 11.3 Å². The molecule has 1 heterocycles. The van der Waals surface area contributed by atoms with Gasteiger partial charge >= 0.3 is 0 Å². The zero-order valence-electron chi connectivity index (χ0n) is 9.23. The van der Waals surface area contributed by atoms with Crippen LogP contribution in [-0.2, 0) is 6.61 Å². The first kappa shape index (κ1) is 12.7. The Morgan fingerprint density at radius 3 is 2.78 bits per heavy atom. The van der Waals surface area contributed by atoms with Crippen LogP contribution in [0.2, 0.25) is 10.0 Å². The fourth-order valence-electron chi connectivity index (χ4n) is 1.38. The quantitative estimate of drug-likeness (QED) is 0.857. The van der Waals surface area contributed by atoms with Gasteiger partial charge in [0.1, 0.15) is 24.1 Å². The number of nitriles is 1. The third-order valence-corrected chi connectivity index (χ3v) is 3.02. The standard InChI is InChI=1S/C13H8Cl2N2O/c14-11-4-3-10(6-12(11)15)18-8-9-2-1-5-17-13(9)7-16/h1-6H,8H2. The number of benzene rings is 1. The van der Waals surface area contributed by atoms with Crippen LogP contribution in [0.4, 0.5) is 0 Å². The second-order valence-electron chi connectivity index (χ2n) is 3.49. The molecule has 0 atom stereocenters. The van der Waals surface area contributed by atoms with Crippen molar-refractivity contribution in [2.75, 3.05) is 0 Å². The Morgan fingerprint density at radius 1 is 1.22 bits per heavy atom. The summed E-state index contributed by atoms with van der Waals surface area (Å²) in [6, 6.07) is 10.6. The molecular weight excluding hydrogens is 271 g/mol. The van der Waals surface area contributed by atoms with Crippen LogP contribution in [0.5, 0.6) is 5.75 Å². The van der Waals surface area contributed by atoms with E-state index in [1.165, 1.54) is 0 Å². The molecule has 0 bridgehead atoms. The van der Waals surface area contributed by atoms with Crippen molar-refractivity contribution in [1.29, 1.82) is 5.26 Å². The molecule has 0 aliphatic rings. The molecule has 0 unspecified atom stereocenters. The van der Waals surface area contributed by atoms with E-state index in [9.17, 15) is 0 Å². The molecule has 0 saturated heterocycles. The Hall–Kier alpha value is -1.76. The molecular formula is C13H8Cl2N2O. The van der Waals surface area contributed by atoms with Gasteiger partial charge in [-0.05, 0) is 18.2 Å². The first-order valence-electron chi connectivity index (χ1n) is 5.12. The first-order chi connectivity index (χ1) is 8.70. The summed E-state index contributed by atoms with van der Waals surface area (Å²) in [6.45, 7) is 0.259. The van der Waals surface area contributed by atoms with Crippen LogP contribution in [0.25, 0.3) is 0 Å². The lowest BCUT2D eigenvalue weighted by Gasteiger charge is -2.07. The number of rotatable bonds is 3. The number of pyridine rings is 1. The summed E-state index contributed by atoms with van der Waals surface area (Å²) in [4.78, 5) is 3.95. The molecule has 0 fully saturated rings. The Bertz CT molecular complexity index is 608. The Morgan fingerprint density at radius 2 is 2.06 bits per heavy atom. The molecule has 0 N–H and O–H groups in total. The van der Waals surface area contributed by atoms with Crippen LogP contribution < -0.4 is 4.74 Å². The van der Waals surface area contributed by atoms with Crippen molar-refractivity contribution < 1.29 is 4.74 Å². The molecule has 0 spiro atoms. The van der Waals surface area contributed by atoms with Crippen molar-refractivity contribution in [1.82, 2.24) is 4.98 Å². The zero-order chi connectivity index (χ0) is 13.0. The number of aromatic nitrogens is 1. The number of nitrogens with zero attached hydrogens (tertiary/aromatic N) is 2. The monoisotopic (exact) mass is 278 g/mol. The Kier molecular flexibility index (Phi) is 4.03. The van der Waals surface area contributed by atoms with Crippen molar-refractivity contribution in [2.45, 2.75) is 6.61 Å². The number of ether oxygens (including phenoxy) is 1. The Labute approximate surface area is 115 Å². The normalized spacial score (nSPS) is 9.83. The third-order valence-electron chi connectivity index (χ3n) is 2.28. The summed E-state index contributed by atoms with van der Waals surface area (Å²) >= 11 is 11.7. The smallest absolute Gasteiger partial charge is 0.147 e. The highest BCUT2D eigenvalue weighted by atomic mass is 35.5. The maximum absolute atomic E-state index is 8.89. The van der Waals surface area contributed by atoms with E-state index in [4.69, 9.17) is 33.2 Å². The SMILES string of the molecule is N#Cc1ncccc1COc1ccc(Cl)c(Cl)c1. The highest BCUT2D eigenvalue weighted by Crippen LogP contribution is 2.26. The molecule has 0 amide bonds. The predicted molar refractivity (Wildman–Crippen MR) is 69.7 cm³/mol. The van der Waals surface area contributed by atoms with E-state index in [2.05, 4.69) is 4.98 Å². The molecule has 0 saturated carbocycles. The van der Waals surface area contributed by atoms with E-state index in [1.54, 1.807) is 36.5 Å². The average Bonchev–Trinajstić information content (AvgIpc) is 2.40. The second-order valence-corrected chi connectivity index (χ2v) is 4.30. The molecule has 18 heavy (non-hydrogen) atoms. The van der Waals surface area contributed by atoms with Crippen LogP contribution in [-0.4, -0.2) is 4.98 Å². The summed E-state index contributed by atoms with van der Waals surface area (Å²) in [7, 11) is 0. The minimum absolute atomic E-state index is 0.259. The van der Waals surface area contributed by atoms with E-state index >= 15 is 0 Å². The van der Waals surface area contributed by atoms with Gasteiger partial charge in [0.25, 0.3) is 0 Å². The minimum atomic E-state index is 0.259. The number of hydrogen-bond acceptors (Lipinski definition) is 3. The summed E-state index contributed by atoms with van der Waals surface area (Å²) in [6.07, 6.45) is 1.57. The fourth-order valence-corrected chi connectivity index (χ4v) is 1.67. The van der Waals surface area contributed by atoms with Gasteiger partial charge in [0.2, 0.25) is 0 Å². The van der Waals surface area contributed by atoms with Gasteiger partial charge in [0.05, 0.1) is 10.0 Å². The summed E-state index contributed by atoms with van der Waals surface area (Å²) in [5.41, 5.74) is 1.09. The molecule has 90 valence electrons. The van der Waals surface area contributed by atoms with Gasteiger partial charge in [-0.3, -0.25) is 0 Å². The van der Waals surface area contributed by atoms with E-state index in [-0.39, 0.29) is 6.61 Å². The molecule has 1 aromatic heterocycles. The van der Waals surface area contributed by atoms with Crippen LogP contribution in [0.1, 0.15) is 11.3 Å². The average molecular weight is 279 g/mol. The number of halogens is 2. The highest BCUT2D eigenvalue weighted by molar-refractivity contribution is 6.42. The summed E-state index contributed by atoms with van der Waals surface area (Å²) in [5.74, 6) is 0.595. The lowest BCUT2D eigenvalue weighted by molar-refractivity contribution is 0.305. The number of hydrogen-bond donors (Lipinski definition) is 0. The van der Waals surface area contributed by atoms with Gasteiger partial charge < -0.3 is 4.74 Å². The van der Waals surface area contributed by atoms with E-state index in [0.29, 0.717) is 21.5 Å². The van der Waals surface area contributed by atoms with Crippen LogP contribution in [0.3, 0.4) is 0 Å². The maximum Gasteiger partial charge on any atom is 0.147 e. The van der Waals surface area contributed by atoms with Crippen molar-refractivity contribution in [3.05, 3.63) is 57.8 Å². The van der Waals surface area contributed by atoms with Crippen molar-refractivity contribution in [3.63, 3.8) is 0 Å². The van der Waals surface area contributed by atoms with Crippen molar-refractivity contribution in [2.24, 2.45) is 0 Å². The van der Waals surface area contributed by atoms with Crippen LogP contribution in [0.15, 0.2) is 36.5 Å². The van der Waals surface area contributed by atoms with Gasteiger partial charge in [-0.1, -0.05) is 29.3 Å². The topological polar surface area (TPSA) is 45.9 Å². The summed E-state index contributed by atoms with van der Waals surface area (Å²) in [5, 5.41) is 9.80. The minimum Gasteiger partial charge on any atom is -0.489 e. The fraction of sp³-hybridized carbons (Fsp3) is 0.0769. The molecule has 2 rings (SSSR count). The largest absolute Gasteiger partial charge is 0.489 e.